The van der Waals surface area contributed by atoms with Gasteiger partial charge in [-0.25, -0.2) is 0 Å². The van der Waals surface area contributed by atoms with E-state index in [1.54, 1.807) is 0 Å². The van der Waals surface area contributed by atoms with Crippen LogP contribution in [-0.2, 0) is 9.53 Å². The first-order valence-electron chi connectivity index (χ1n) is 6.85. The summed E-state index contributed by atoms with van der Waals surface area (Å²) in [6, 6.07) is 0. The van der Waals surface area contributed by atoms with Gasteiger partial charge in [0.1, 0.15) is 17.0 Å². The molecule has 18 heavy (non-hydrogen) atoms. The maximum Gasteiger partial charge on any atom is 0.146 e. The summed E-state index contributed by atoms with van der Waals surface area (Å²) in [5.74, 6) is 0.336. The number of Topliss-reactive ketones (excluding diaryl/α,β-unsaturated/α-hetero) is 1. The van der Waals surface area contributed by atoms with Crippen LogP contribution < -0.4 is 0 Å². The lowest BCUT2D eigenvalue weighted by Crippen LogP contribution is -2.60. The van der Waals surface area contributed by atoms with E-state index in [4.69, 9.17) is 4.74 Å². The zero-order valence-electron chi connectivity index (χ0n) is 12.0. The third kappa shape index (κ3) is 0.956. The van der Waals surface area contributed by atoms with Crippen LogP contribution in [-0.4, -0.2) is 17.0 Å². The van der Waals surface area contributed by atoms with Gasteiger partial charge in [0.15, 0.2) is 0 Å². The van der Waals surface area contributed by atoms with Crippen molar-refractivity contribution in [1.29, 1.82) is 0 Å². The highest BCUT2D eigenvalue weighted by Crippen LogP contribution is 2.69. The molecule has 0 aromatic heterocycles. The maximum absolute atomic E-state index is 12.6. The topological polar surface area (TPSA) is 26.3 Å². The van der Waals surface area contributed by atoms with E-state index < -0.39 is 11.0 Å². The monoisotopic (exact) mass is 246 g/mol. The van der Waals surface area contributed by atoms with Gasteiger partial charge in [0.25, 0.3) is 0 Å². The minimum absolute atomic E-state index is 0.00528. The van der Waals surface area contributed by atoms with E-state index in [2.05, 4.69) is 45.9 Å². The number of hydrogen-bond donors (Lipinski definition) is 0. The van der Waals surface area contributed by atoms with E-state index in [1.807, 2.05) is 6.92 Å². The highest BCUT2D eigenvalue weighted by atomic mass is 16.5. The number of fused-ring (bicyclic) bond motifs is 1. The second-order valence-corrected chi connectivity index (χ2v) is 6.91. The predicted octanol–water partition coefficient (Wildman–Crippen LogP) is 3.43. The number of carbonyl (C=O) groups excluding carboxylic acids is 1. The highest BCUT2D eigenvalue weighted by Gasteiger charge is 2.74. The van der Waals surface area contributed by atoms with Crippen LogP contribution in [0.1, 0.15) is 47.5 Å². The van der Waals surface area contributed by atoms with Crippen molar-refractivity contribution in [2.75, 3.05) is 0 Å². The normalized spacial score (nSPS) is 50.9. The van der Waals surface area contributed by atoms with Gasteiger partial charge >= 0.3 is 0 Å². The van der Waals surface area contributed by atoms with Crippen molar-refractivity contribution in [3.63, 3.8) is 0 Å². The summed E-state index contributed by atoms with van der Waals surface area (Å²) >= 11 is 0. The van der Waals surface area contributed by atoms with Crippen LogP contribution in [0.15, 0.2) is 23.8 Å². The van der Waals surface area contributed by atoms with Crippen molar-refractivity contribution in [1.82, 2.24) is 0 Å². The Hall–Kier alpha value is -0.890. The molecule has 2 aliphatic heterocycles. The molecular weight excluding hydrogens is 224 g/mol. The molecule has 1 spiro atoms. The minimum Gasteiger partial charge on any atom is -0.354 e. The Labute approximate surface area is 109 Å². The van der Waals surface area contributed by atoms with Gasteiger partial charge in [0.05, 0.1) is 5.41 Å². The molecule has 0 amide bonds. The van der Waals surface area contributed by atoms with Crippen molar-refractivity contribution in [2.24, 2.45) is 10.8 Å². The Morgan fingerprint density at radius 2 is 1.89 bits per heavy atom. The van der Waals surface area contributed by atoms with Crippen LogP contribution in [0.3, 0.4) is 0 Å². The fourth-order valence-corrected chi connectivity index (χ4v) is 4.62. The first-order valence-corrected chi connectivity index (χ1v) is 6.85. The van der Waals surface area contributed by atoms with E-state index in [1.165, 1.54) is 0 Å². The summed E-state index contributed by atoms with van der Waals surface area (Å²) in [7, 11) is 0. The van der Waals surface area contributed by atoms with Crippen LogP contribution in [0.5, 0.6) is 0 Å². The Morgan fingerprint density at radius 3 is 2.50 bits per heavy atom. The van der Waals surface area contributed by atoms with Gasteiger partial charge in [-0.1, -0.05) is 26.0 Å². The van der Waals surface area contributed by atoms with Crippen LogP contribution in [0.2, 0.25) is 0 Å². The second-order valence-electron chi connectivity index (χ2n) is 6.91. The molecule has 0 unspecified atom stereocenters. The molecule has 2 heterocycles. The summed E-state index contributed by atoms with van der Waals surface area (Å²) in [6.07, 6.45) is 7.96. The number of allylic oxidation sites excluding steroid dienone is 1. The number of ketones is 1. The Balaban J connectivity index is 2.32. The Morgan fingerprint density at radius 1 is 1.22 bits per heavy atom. The lowest BCUT2D eigenvalue weighted by molar-refractivity contribution is -0.164. The maximum atomic E-state index is 12.6. The Kier molecular flexibility index (Phi) is 2.02. The third-order valence-corrected chi connectivity index (χ3v) is 5.65. The molecule has 3 aliphatic rings. The molecule has 2 fully saturated rings. The molecule has 3 atom stereocenters. The van der Waals surface area contributed by atoms with Crippen LogP contribution >= 0.6 is 0 Å². The molecule has 2 heteroatoms. The van der Waals surface area contributed by atoms with E-state index in [0.717, 1.165) is 12.0 Å². The van der Waals surface area contributed by atoms with Crippen molar-refractivity contribution >= 4 is 5.78 Å². The summed E-state index contributed by atoms with van der Waals surface area (Å²) in [5.41, 5.74) is -0.177. The third-order valence-electron chi connectivity index (χ3n) is 5.65. The molecule has 0 radical (unpaired) electrons. The first-order chi connectivity index (χ1) is 8.23. The quantitative estimate of drug-likeness (QED) is 0.612. The molecule has 1 aliphatic carbocycles. The van der Waals surface area contributed by atoms with Crippen LogP contribution in [0, 0.1) is 10.8 Å². The minimum atomic E-state index is -0.479. The molecule has 1 saturated heterocycles. The summed E-state index contributed by atoms with van der Waals surface area (Å²) in [6.45, 7) is 10.6. The lowest BCUT2D eigenvalue weighted by Gasteiger charge is -2.53. The van der Waals surface area contributed by atoms with E-state index in [0.29, 0.717) is 12.2 Å². The van der Waals surface area contributed by atoms with E-state index >= 15 is 0 Å². The molecular formula is C16H22O2. The van der Waals surface area contributed by atoms with E-state index in [-0.39, 0.29) is 11.0 Å². The number of hydrogen-bond acceptors (Lipinski definition) is 2. The highest BCUT2D eigenvalue weighted by molar-refractivity contribution is 5.93. The fraction of sp³-hybridized carbons (Fsp3) is 0.688. The van der Waals surface area contributed by atoms with Crippen LogP contribution in [0.4, 0.5) is 0 Å². The Bertz CT molecular complexity index is 499. The van der Waals surface area contributed by atoms with Crippen LogP contribution in [0.25, 0.3) is 0 Å². The average molecular weight is 246 g/mol. The molecule has 0 aromatic rings. The van der Waals surface area contributed by atoms with Gasteiger partial charge in [0, 0.05) is 6.42 Å². The summed E-state index contributed by atoms with van der Waals surface area (Å²) in [4.78, 5) is 12.6. The van der Waals surface area contributed by atoms with Crippen molar-refractivity contribution in [2.45, 2.75) is 58.7 Å². The van der Waals surface area contributed by atoms with Gasteiger partial charge in [0.2, 0.25) is 0 Å². The molecule has 2 bridgehead atoms. The number of rotatable bonds is 0. The smallest absolute Gasteiger partial charge is 0.146 e. The van der Waals surface area contributed by atoms with Crippen molar-refractivity contribution in [3.8, 4) is 0 Å². The zero-order chi connectivity index (χ0) is 13.4. The molecule has 98 valence electrons. The zero-order valence-corrected chi connectivity index (χ0v) is 12.0. The number of ether oxygens (including phenoxy) is 1. The SMILES string of the molecule is C/C=C1/[C@@]2(C)C=C[C@@]3(O2)C(C)(C)CCC(=O)[C@]13C. The molecule has 1 saturated carbocycles. The van der Waals surface area contributed by atoms with Crippen molar-refractivity contribution in [3.05, 3.63) is 23.8 Å². The van der Waals surface area contributed by atoms with Gasteiger partial charge in [-0.15, -0.1) is 0 Å². The molecule has 0 aromatic carbocycles. The summed E-state index contributed by atoms with van der Waals surface area (Å²) < 4.78 is 6.44. The molecule has 3 rings (SSSR count). The number of carbonyl (C=O) groups is 1. The van der Waals surface area contributed by atoms with Crippen molar-refractivity contribution < 1.29 is 9.53 Å². The largest absolute Gasteiger partial charge is 0.354 e. The van der Waals surface area contributed by atoms with Gasteiger partial charge in [-0.05, 0) is 44.3 Å². The first kappa shape index (κ1) is 12.2. The summed E-state index contributed by atoms with van der Waals surface area (Å²) in [5, 5.41) is 0. The average Bonchev–Trinajstić information content (AvgIpc) is 2.74. The van der Waals surface area contributed by atoms with Gasteiger partial charge in [-0.2, -0.15) is 0 Å². The fourth-order valence-electron chi connectivity index (χ4n) is 4.62. The molecule has 0 N–H and O–H groups in total. The predicted molar refractivity (Wildman–Crippen MR) is 71.2 cm³/mol. The van der Waals surface area contributed by atoms with Gasteiger partial charge in [-0.3, -0.25) is 4.79 Å². The van der Waals surface area contributed by atoms with E-state index in [9.17, 15) is 4.79 Å². The van der Waals surface area contributed by atoms with Gasteiger partial charge < -0.3 is 4.74 Å². The lowest BCUT2D eigenvalue weighted by atomic mass is 9.49. The second kappa shape index (κ2) is 2.98. The molecule has 2 nitrogen and oxygen atoms in total. The standard InChI is InChI=1S/C16H22O2/c1-6-11-14(4)9-10-16(18-14)13(2,3)8-7-12(17)15(11,16)5/h6,9-10H,7-8H2,1-5H3/b11-6-/t14-,15+,16-/m1/s1.